The van der Waals surface area contributed by atoms with E-state index in [4.69, 9.17) is 4.74 Å². The van der Waals surface area contributed by atoms with Crippen LogP contribution in [0.1, 0.15) is 32.6 Å². The van der Waals surface area contributed by atoms with E-state index in [0.29, 0.717) is 11.7 Å². The lowest BCUT2D eigenvalue weighted by Crippen LogP contribution is -2.24. The molecule has 20 heavy (non-hydrogen) atoms. The van der Waals surface area contributed by atoms with E-state index in [0.717, 1.165) is 18.2 Å². The van der Waals surface area contributed by atoms with Crippen molar-refractivity contribution in [3.63, 3.8) is 0 Å². The first-order valence-electron chi connectivity index (χ1n) is 7.17. The van der Waals surface area contributed by atoms with Gasteiger partial charge < -0.3 is 10.1 Å². The highest BCUT2D eigenvalue weighted by Crippen LogP contribution is 2.31. The molecule has 5 heteroatoms. The zero-order valence-corrected chi connectivity index (χ0v) is 12.1. The molecule has 1 aliphatic carbocycles. The smallest absolute Gasteiger partial charge is 0.275 e. The van der Waals surface area contributed by atoms with Gasteiger partial charge in [0.15, 0.2) is 0 Å². The van der Waals surface area contributed by atoms with Gasteiger partial charge in [-0.2, -0.15) is 0 Å². The summed E-state index contributed by atoms with van der Waals surface area (Å²) in [6.07, 6.45) is 5.13. The molecule has 2 atom stereocenters. The maximum atomic E-state index is 10.9. The van der Waals surface area contributed by atoms with Crippen LogP contribution in [0, 0.1) is 22.0 Å². The van der Waals surface area contributed by atoms with Crippen LogP contribution in [0.3, 0.4) is 0 Å². The Hall–Kier alpha value is -1.78. The molecule has 0 saturated heterocycles. The number of hydrogen-bond donors (Lipinski definition) is 1. The number of anilines is 1. The number of nitro benzene ring substituents is 1. The molecule has 0 radical (unpaired) electrons. The van der Waals surface area contributed by atoms with E-state index in [9.17, 15) is 10.1 Å². The fraction of sp³-hybridized carbons (Fsp3) is 0.600. The average Bonchev–Trinajstić information content (AvgIpc) is 2.46. The molecule has 110 valence electrons. The average molecular weight is 278 g/mol. The minimum atomic E-state index is -0.392. The third-order valence-electron chi connectivity index (χ3n) is 4.20. The van der Waals surface area contributed by atoms with Gasteiger partial charge in [-0.05, 0) is 18.3 Å². The number of rotatable bonds is 5. The summed E-state index contributed by atoms with van der Waals surface area (Å²) in [6, 6.07) is 4.81. The van der Waals surface area contributed by atoms with Crippen LogP contribution in [0.15, 0.2) is 18.2 Å². The first-order valence-corrected chi connectivity index (χ1v) is 7.17. The molecule has 1 fully saturated rings. The van der Waals surface area contributed by atoms with Crippen molar-refractivity contribution in [2.45, 2.75) is 32.6 Å². The van der Waals surface area contributed by atoms with E-state index in [2.05, 4.69) is 12.2 Å². The summed E-state index contributed by atoms with van der Waals surface area (Å²) in [5.41, 5.74) is 0.817. The molecular weight excluding hydrogens is 256 g/mol. The molecule has 0 bridgehead atoms. The van der Waals surface area contributed by atoms with Crippen LogP contribution in [0.2, 0.25) is 0 Å². The fourth-order valence-corrected chi connectivity index (χ4v) is 2.85. The van der Waals surface area contributed by atoms with E-state index in [1.807, 2.05) is 0 Å². The number of nitrogens with one attached hydrogen (secondary N) is 1. The Morgan fingerprint density at radius 3 is 2.75 bits per heavy atom. The zero-order valence-electron chi connectivity index (χ0n) is 12.1. The molecule has 0 spiro atoms. The minimum Gasteiger partial charge on any atom is -0.496 e. The zero-order chi connectivity index (χ0) is 14.5. The summed E-state index contributed by atoms with van der Waals surface area (Å²) in [5, 5.41) is 14.2. The topological polar surface area (TPSA) is 64.4 Å². The number of nitrogens with zero attached hydrogens (tertiary/aromatic N) is 1. The Bertz CT molecular complexity index is 476. The Balaban J connectivity index is 2.04. The van der Waals surface area contributed by atoms with Crippen molar-refractivity contribution in [1.82, 2.24) is 0 Å². The van der Waals surface area contributed by atoms with Gasteiger partial charge in [0.2, 0.25) is 0 Å². The standard InChI is InChI=1S/C15H22N2O3/c1-11-5-3-4-6-12(11)10-16-13-7-14(17(18)19)9-15(8-13)20-2/h7-9,11-12,16H,3-6,10H2,1-2H3. The summed E-state index contributed by atoms with van der Waals surface area (Å²) < 4.78 is 5.11. The van der Waals surface area contributed by atoms with Gasteiger partial charge in [0.1, 0.15) is 5.75 Å². The second-order valence-electron chi connectivity index (χ2n) is 5.58. The molecule has 2 unspecified atom stereocenters. The second kappa shape index (κ2) is 6.59. The van der Waals surface area contributed by atoms with Gasteiger partial charge in [-0.1, -0.05) is 26.2 Å². The third-order valence-corrected chi connectivity index (χ3v) is 4.20. The maximum Gasteiger partial charge on any atom is 0.275 e. The SMILES string of the molecule is COc1cc(NCC2CCCCC2C)cc([N+](=O)[O-])c1. The molecule has 1 aliphatic rings. The van der Waals surface area contributed by atoms with E-state index >= 15 is 0 Å². The number of nitro groups is 1. The van der Waals surface area contributed by atoms with Gasteiger partial charge in [-0.25, -0.2) is 0 Å². The normalized spacial score (nSPS) is 22.3. The lowest BCUT2D eigenvalue weighted by Gasteiger charge is -2.29. The van der Waals surface area contributed by atoms with Crippen LogP contribution in [0.25, 0.3) is 0 Å². The monoisotopic (exact) mass is 278 g/mol. The van der Waals surface area contributed by atoms with Crippen molar-refractivity contribution in [3.05, 3.63) is 28.3 Å². The van der Waals surface area contributed by atoms with Crippen molar-refractivity contribution >= 4 is 11.4 Å². The summed E-state index contributed by atoms with van der Waals surface area (Å²) in [7, 11) is 1.52. The van der Waals surface area contributed by atoms with Gasteiger partial charge in [-0.15, -0.1) is 0 Å². The molecule has 0 amide bonds. The van der Waals surface area contributed by atoms with Gasteiger partial charge in [0.05, 0.1) is 18.1 Å². The van der Waals surface area contributed by atoms with Gasteiger partial charge in [-0.3, -0.25) is 10.1 Å². The molecule has 1 aromatic rings. The Labute approximate surface area is 119 Å². The summed E-state index contributed by atoms with van der Waals surface area (Å²) in [5.74, 6) is 1.88. The number of benzene rings is 1. The maximum absolute atomic E-state index is 10.9. The molecule has 1 aromatic carbocycles. The fourth-order valence-electron chi connectivity index (χ4n) is 2.85. The number of hydrogen-bond acceptors (Lipinski definition) is 4. The van der Waals surface area contributed by atoms with Gasteiger partial charge in [0, 0.05) is 24.4 Å². The number of methoxy groups -OCH3 is 1. The summed E-state index contributed by atoms with van der Waals surface area (Å²) in [4.78, 5) is 10.5. The molecule has 0 aliphatic heterocycles. The number of ether oxygens (including phenoxy) is 1. The second-order valence-corrected chi connectivity index (χ2v) is 5.58. The van der Waals surface area contributed by atoms with Crippen LogP contribution >= 0.6 is 0 Å². The first kappa shape index (κ1) is 14.6. The number of non-ortho nitro benzene ring substituents is 1. The molecule has 5 nitrogen and oxygen atoms in total. The van der Waals surface area contributed by atoms with Gasteiger partial charge >= 0.3 is 0 Å². The van der Waals surface area contributed by atoms with Crippen molar-refractivity contribution in [2.75, 3.05) is 19.0 Å². The molecule has 1 saturated carbocycles. The molecule has 2 rings (SSSR count). The van der Waals surface area contributed by atoms with Crippen LogP contribution in [-0.2, 0) is 0 Å². The molecule has 0 aromatic heterocycles. The van der Waals surface area contributed by atoms with Crippen molar-refractivity contribution in [3.8, 4) is 5.75 Å². The minimum absolute atomic E-state index is 0.0588. The van der Waals surface area contributed by atoms with Crippen LogP contribution in [0.5, 0.6) is 5.75 Å². The van der Waals surface area contributed by atoms with Gasteiger partial charge in [0.25, 0.3) is 5.69 Å². The van der Waals surface area contributed by atoms with E-state index in [-0.39, 0.29) is 5.69 Å². The first-order chi connectivity index (χ1) is 9.60. The third kappa shape index (κ3) is 3.62. The summed E-state index contributed by atoms with van der Waals surface area (Å²) in [6.45, 7) is 3.16. The highest BCUT2D eigenvalue weighted by molar-refractivity contribution is 5.56. The molecule has 1 N–H and O–H groups in total. The summed E-state index contributed by atoms with van der Waals surface area (Å²) >= 11 is 0. The predicted octanol–water partition coefficient (Wildman–Crippen LogP) is 3.84. The van der Waals surface area contributed by atoms with E-state index < -0.39 is 4.92 Å². The quantitative estimate of drug-likeness (QED) is 0.656. The Kier molecular flexibility index (Phi) is 4.82. The Morgan fingerprint density at radius 1 is 1.35 bits per heavy atom. The van der Waals surface area contributed by atoms with Crippen molar-refractivity contribution in [1.29, 1.82) is 0 Å². The molecule has 0 heterocycles. The van der Waals surface area contributed by atoms with Crippen LogP contribution in [-0.4, -0.2) is 18.6 Å². The highest BCUT2D eigenvalue weighted by atomic mass is 16.6. The van der Waals surface area contributed by atoms with Crippen LogP contribution < -0.4 is 10.1 Å². The lowest BCUT2D eigenvalue weighted by molar-refractivity contribution is -0.384. The van der Waals surface area contributed by atoms with Crippen LogP contribution in [0.4, 0.5) is 11.4 Å². The largest absolute Gasteiger partial charge is 0.496 e. The Morgan fingerprint density at radius 2 is 2.10 bits per heavy atom. The van der Waals surface area contributed by atoms with Crippen molar-refractivity contribution < 1.29 is 9.66 Å². The van der Waals surface area contributed by atoms with E-state index in [1.165, 1.54) is 38.9 Å². The highest BCUT2D eigenvalue weighted by Gasteiger charge is 2.21. The van der Waals surface area contributed by atoms with Crippen molar-refractivity contribution in [2.24, 2.45) is 11.8 Å². The predicted molar refractivity (Wildman–Crippen MR) is 79.3 cm³/mol. The van der Waals surface area contributed by atoms with E-state index in [1.54, 1.807) is 12.1 Å². The molecular formula is C15H22N2O3. The lowest BCUT2D eigenvalue weighted by atomic mass is 9.80.